The Kier molecular flexibility index (Phi) is 63.2. The quantitative estimate of drug-likeness (QED) is 0.0261. The molecule has 0 fully saturated rings. The van der Waals surface area contributed by atoms with Crippen molar-refractivity contribution in [3.63, 3.8) is 0 Å². The van der Waals surface area contributed by atoms with Crippen LogP contribution in [0.1, 0.15) is 335 Å². The maximum atomic E-state index is 12.9. The number of rotatable bonds is 61. The van der Waals surface area contributed by atoms with E-state index in [1.54, 1.807) is 0 Å². The lowest BCUT2D eigenvalue weighted by molar-refractivity contribution is -0.166. The van der Waals surface area contributed by atoms with Crippen molar-refractivity contribution in [3.8, 4) is 0 Å². The van der Waals surface area contributed by atoms with Crippen molar-refractivity contribution >= 4 is 17.9 Å². The Balaban J connectivity index is 4.43. The van der Waals surface area contributed by atoms with Crippen molar-refractivity contribution in [2.24, 2.45) is 0 Å². The van der Waals surface area contributed by atoms with Gasteiger partial charge in [-0.25, -0.2) is 0 Å². The smallest absolute Gasteiger partial charge is 0.306 e. The Hall–Kier alpha value is -3.41. The number of allylic oxidation sites excluding steroid dienone is 14. The van der Waals surface area contributed by atoms with Gasteiger partial charge in [-0.05, 0) is 83.5 Å². The van der Waals surface area contributed by atoms with Crippen LogP contribution in [0.25, 0.3) is 0 Å². The third kappa shape index (κ3) is 63.4. The molecular formula is C72H126O6. The molecule has 0 aliphatic rings. The monoisotopic (exact) mass is 1090 g/mol. The number of esters is 3. The Labute approximate surface area is 484 Å². The Morgan fingerprint density at radius 3 is 0.833 bits per heavy atom. The van der Waals surface area contributed by atoms with E-state index in [1.165, 1.54) is 212 Å². The molecular weight excluding hydrogens is 961 g/mol. The van der Waals surface area contributed by atoms with Crippen LogP contribution in [0, 0.1) is 0 Å². The zero-order chi connectivity index (χ0) is 56.4. The topological polar surface area (TPSA) is 78.9 Å². The maximum Gasteiger partial charge on any atom is 0.306 e. The summed E-state index contributed by atoms with van der Waals surface area (Å²) < 4.78 is 16.9. The van der Waals surface area contributed by atoms with E-state index < -0.39 is 6.10 Å². The molecule has 0 bridgehead atoms. The Bertz CT molecular complexity index is 1480. The highest BCUT2D eigenvalue weighted by Crippen LogP contribution is 2.17. The molecule has 0 aliphatic carbocycles. The molecule has 78 heavy (non-hydrogen) atoms. The Morgan fingerprint density at radius 2 is 0.526 bits per heavy atom. The van der Waals surface area contributed by atoms with Gasteiger partial charge in [-0.15, -0.1) is 0 Å². The van der Waals surface area contributed by atoms with Crippen LogP contribution in [0.4, 0.5) is 0 Å². The van der Waals surface area contributed by atoms with Gasteiger partial charge in [0.25, 0.3) is 0 Å². The zero-order valence-corrected chi connectivity index (χ0v) is 51.7. The van der Waals surface area contributed by atoms with Crippen LogP contribution in [0.5, 0.6) is 0 Å². The predicted octanol–water partition coefficient (Wildman–Crippen LogP) is 23.1. The molecule has 1 atom stereocenters. The summed E-state index contributed by atoms with van der Waals surface area (Å²) >= 11 is 0. The van der Waals surface area contributed by atoms with Crippen LogP contribution in [-0.2, 0) is 28.6 Å². The summed E-state index contributed by atoms with van der Waals surface area (Å²) in [5, 5.41) is 0. The van der Waals surface area contributed by atoms with Crippen LogP contribution >= 0.6 is 0 Å². The summed E-state index contributed by atoms with van der Waals surface area (Å²) in [5.74, 6) is -0.974. The van der Waals surface area contributed by atoms with Gasteiger partial charge in [0.15, 0.2) is 6.10 Å². The summed E-state index contributed by atoms with van der Waals surface area (Å²) in [4.78, 5) is 38.4. The van der Waals surface area contributed by atoms with Gasteiger partial charge in [-0.3, -0.25) is 14.4 Å². The minimum Gasteiger partial charge on any atom is -0.462 e. The average Bonchev–Trinajstić information content (AvgIpc) is 3.44. The normalized spacial score (nSPS) is 12.6. The van der Waals surface area contributed by atoms with Gasteiger partial charge >= 0.3 is 17.9 Å². The molecule has 0 aliphatic heterocycles. The van der Waals surface area contributed by atoms with Crippen molar-refractivity contribution in [2.45, 2.75) is 341 Å². The maximum absolute atomic E-state index is 12.9. The molecule has 0 saturated carbocycles. The second-order valence-electron chi connectivity index (χ2n) is 22.4. The molecule has 450 valence electrons. The van der Waals surface area contributed by atoms with Crippen LogP contribution in [-0.4, -0.2) is 37.2 Å². The first-order chi connectivity index (χ1) is 38.5. The van der Waals surface area contributed by atoms with E-state index >= 15 is 0 Å². The largest absolute Gasteiger partial charge is 0.462 e. The molecule has 6 heteroatoms. The van der Waals surface area contributed by atoms with E-state index in [4.69, 9.17) is 14.2 Å². The SMILES string of the molecule is CC/C=C\C/C=C\C/C=C\C/C=C\C/C=C\C/C=C\CCC(=O)OC(COC(=O)CCCCCCCCCCC/C=C\CCCCCCCC)COC(=O)CCCCCCCCCCCCCCCCCCCCCCCC. The fraction of sp³-hybridized carbons (Fsp3) is 0.764. The first-order valence-electron chi connectivity index (χ1n) is 33.6. The standard InChI is InChI=1S/C72H126O6/c1-4-7-10-13-16-19-22-25-28-31-34-35-36-39-41-44-47-50-53-56-59-62-65-71(74)77-68-69(78-72(75)66-63-60-57-54-51-48-45-42-38-33-30-27-24-21-18-15-12-9-6-3)67-76-70(73)64-61-58-55-52-49-46-43-40-37-32-29-26-23-20-17-14-11-8-5-2/h9,12,18,21,26-27,29-30,38,42,48,51,57,60,69H,4-8,10-11,13-17,19-20,22-25,28,31-37,39-41,43-47,49-50,52-56,58-59,61-68H2,1-3H3/b12-9-,21-18-,29-26-,30-27-,42-38-,51-48-,60-57-. The van der Waals surface area contributed by atoms with Crippen molar-refractivity contribution in [3.05, 3.63) is 85.1 Å². The lowest BCUT2D eigenvalue weighted by atomic mass is 10.0. The molecule has 1 unspecified atom stereocenters. The van der Waals surface area contributed by atoms with E-state index in [1.807, 2.05) is 6.08 Å². The molecule has 0 aromatic carbocycles. The number of hydrogen-bond donors (Lipinski definition) is 0. The molecule has 0 heterocycles. The van der Waals surface area contributed by atoms with E-state index in [0.717, 1.165) is 77.0 Å². The molecule has 0 aromatic heterocycles. The first-order valence-corrected chi connectivity index (χ1v) is 33.6. The van der Waals surface area contributed by atoms with Crippen LogP contribution in [0.3, 0.4) is 0 Å². The summed E-state index contributed by atoms with van der Waals surface area (Å²) in [6.45, 7) is 6.51. The number of unbranched alkanes of at least 4 members (excludes halogenated alkanes) is 36. The van der Waals surface area contributed by atoms with Gasteiger partial charge in [-0.1, -0.05) is 318 Å². The average molecular weight is 1090 g/mol. The summed E-state index contributed by atoms with van der Waals surface area (Å²) in [7, 11) is 0. The fourth-order valence-corrected chi connectivity index (χ4v) is 9.64. The second-order valence-corrected chi connectivity index (χ2v) is 22.4. The third-order valence-electron chi connectivity index (χ3n) is 14.6. The lowest BCUT2D eigenvalue weighted by Crippen LogP contribution is -2.30. The van der Waals surface area contributed by atoms with Crippen molar-refractivity contribution in [1.29, 1.82) is 0 Å². The lowest BCUT2D eigenvalue weighted by Gasteiger charge is -2.18. The van der Waals surface area contributed by atoms with Gasteiger partial charge in [0.1, 0.15) is 13.2 Å². The number of carbonyl (C=O) groups is 3. The van der Waals surface area contributed by atoms with Gasteiger partial charge in [0.2, 0.25) is 0 Å². The Morgan fingerprint density at radius 1 is 0.269 bits per heavy atom. The number of ether oxygens (including phenoxy) is 3. The van der Waals surface area contributed by atoms with Gasteiger partial charge < -0.3 is 14.2 Å². The van der Waals surface area contributed by atoms with Crippen molar-refractivity contribution in [1.82, 2.24) is 0 Å². The highest BCUT2D eigenvalue weighted by molar-refractivity contribution is 5.71. The number of hydrogen-bond acceptors (Lipinski definition) is 6. The summed E-state index contributed by atoms with van der Waals surface area (Å²) in [6, 6.07) is 0. The van der Waals surface area contributed by atoms with Crippen molar-refractivity contribution < 1.29 is 28.6 Å². The van der Waals surface area contributed by atoms with E-state index in [2.05, 4.69) is 99.8 Å². The molecule has 0 saturated heterocycles. The first kappa shape index (κ1) is 74.6. The third-order valence-corrected chi connectivity index (χ3v) is 14.6. The van der Waals surface area contributed by atoms with Gasteiger partial charge in [0, 0.05) is 19.3 Å². The highest BCUT2D eigenvalue weighted by Gasteiger charge is 2.19. The molecule has 0 N–H and O–H groups in total. The van der Waals surface area contributed by atoms with E-state index in [-0.39, 0.29) is 37.5 Å². The molecule has 0 aromatic rings. The van der Waals surface area contributed by atoms with Crippen molar-refractivity contribution in [2.75, 3.05) is 13.2 Å². The predicted molar refractivity (Wildman–Crippen MR) is 339 cm³/mol. The minimum absolute atomic E-state index is 0.104. The number of carbonyl (C=O) groups excluding carboxylic acids is 3. The molecule has 0 amide bonds. The second kappa shape index (κ2) is 66.1. The molecule has 0 radical (unpaired) electrons. The van der Waals surface area contributed by atoms with Crippen LogP contribution in [0.15, 0.2) is 85.1 Å². The highest BCUT2D eigenvalue weighted by atomic mass is 16.6. The van der Waals surface area contributed by atoms with E-state index in [0.29, 0.717) is 19.3 Å². The van der Waals surface area contributed by atoms with Crippen LogP contribution < -0.4 is 0 Å². The summed E-state index contributed by atoms with van der Waals surface area (Å²) in [5.41, 5.74) is 0. The van der Waals surface area contributed by atoms with Gasteiger partial charge in [-0.2, -0.15) is 0 Å². The van der Waals surface area contributed by atoms with Crippen LogP contribution in [0.2, 0.25) is 0 Å². The minimum atomic E-state index is -0.818. The summed E-state index contributed by atoms with van der Waals surface area (Å²) in [6.07, 6.45) is 87.5. The molecule has 6 nitrogen and oxygen atoms in total. The molecule has 0 rings (SSSR count). The fourth-order valence-electron chi connectivity index (χ4n) is 9.64. The van der Waals surface area contributed by atoms with Gasteiger partial charge in [0.05, 0.1) is 0 Å². The molecule has 0 spiro atoms. The van der Waals surface area contributed by atoms with E-state index in [9.17, 15) is 14.4 Å². The zero-order valence-electron chi connectivity index (χ0n) is 51.7.